The van der Waals surface area contributed by atoms with Crippen LogP contribution in [-0.4, -0.2) is 24.4 Å². The van der Waals surface area contributed by atoms with Gasteiger partial charge in [0.25, 0.3) is 0 Å². The predicted molar refractivity (Wildman–Crippen MR) is 65.9 cm³/mol. The van der Waals surface area contributed by atoms with Crippen LogP contribution in [0.25, 0.3) is 0 Å². The second kappa shape index (κ2) is 4.84. The van der Waals surface area contributed by atoms with Gasteiger partial charge < -0.3 is 15.1 Å². The maximum Gasteiger partial charge on any atom is 0.242 e. The molecule has 0 aromatic carbocycles. The van der Waals surface area contributed by atoms with Crippen LogP contribution < -0.4 is 10.6 Å². The molecule has 1 aromatic rings. The van der Waals surface area contributed by atoms with Crippen molar-refractivity contribution in [3.63, 3.8) is 0 Å². The zero-order chi connectivity index (χ0) is 13.2. The Morgan fingerprint density at radius 1 is 1.61 bits per heavy atom. The lowest BCUT2D eigenvalue weighted by atomic mass is 9.90. The van der Waals surface area contributed by atoms with Crippen molar-refractivity contribution in [2.45, 2.75) is 38.1 Å². The predicted octanol–water partition coefficient (Wildman–Crippen LogP) is 0.952. The Kier molecular flexibility index (Phi) is 3.41. The van der Waals surface area contributed by atoms with Gasteiger partial charge in [0.05, 0.1) is 6.26 Å². The van der Waals surface area contributed by atoms with E-state index in [1.165, 1.54) is 0 Å². The van der Waals surface area contributed by atoms with E-state index >= 15 is 0 Å². The summed E-state index contributed by atoms with van der Waals surface area (Å²) in [6.45, 7) is 4.48. The lowest BCUT2D eigenvalue weighted by Gasteiger charge is -2.23. The first kappa shape index (κ1) is 12.7. The molecule has 2 amide bonds. The number of furan rings is 1. The van der Waals surface area contributed by atoms with Gasteiger partial charge in [0, 0.05) is 18.4 Å². The molecule has 0 bridgehead atoms. The number of rotatable bonds is 4. The van der Waals surface area contributed by atoms with Crippen LogP contribution in [0.2, 0.25) is 0 Å². The first-order valence-electron chi connectivity index (χ1n) is 6.10. The maximum absolute atomic E-state index is 11.9. The van der Waals surface area contributed by atoms with Crippen molar-refractivity contribution in [3.05, 3.63) is 24.2 Å². The molecule has 2 N–H and O–H groups in total. The summed E-state index contributed by atoms with van der Waals surface area (Å²) in [5.74, 6) is 0.652. The first-order chi connectivity index (χ1) is 8.49. The van der Waals surface area contributed by atoms with Gasteiger partial charge in [0.1, 0.15) is 11.8 Å². The van der Waals surface area contributed by atoms with E-state index in [2.05, 4.69) is 10.6 Å². The van der Waals surface area contributed by atoms with Gasteiger partial charge in [0.15, 0.2) is 0 Å². The van der Waals surface area contributed by atoms with Crippen molar-refractivity contribution in [2.75, 3.05) is 6.54 Å². The average Bonchev–Trinajstić information content (AvgIpc) is 2.96. The Morgan fingerprint density at radius 3 is 2.94 bits per heavy atom. The number of carbonyl (C=O) groups excluding carboxylic acids is 2. The highest BCUT2D eigenvalue weighted by atomic mass is 16.3. The molecule has 1 fully saturated rings. The molecule has 1 atom stereocenters. The fourth-order valence-electron chi connectivity index (χ4n) is 1.99. The fourth-order valence-corrected chi connectivity index (χ4v) is 1.99. The SMILES string of the molecule is CC(C)(CNC(=O)C1CCC(=O)N1)c1ccco1. The van der Waals surface area contributed by atoms with Crippen molar-refractivity contribution >= 4 is 11.8 Å². The molecule has 98 valence electrons. The van der Waals surface area contributed by atoms with Crippen LogP contribution in [0.1, 0.15) is 32.4 Å². The molecule has 1 aliphatic heterocycles. The molecular formula is C13H18N2O3. The van der Waals surface area contributed by atoms with Gasteiger partial charge in [-0.25, -0.2) is 0 Å². The Hall–Kier alpha value is -1.78. The van der Waals surface area contributed by atoms with E-state index in [0.29, 0.717) is 19.4 Å². The number of hydrogen-bond acceptors (Lipinski definition) is 3. The molecule has 1 aliphatic rings. The molecule has 0 saturated carbocycles. The van der Waals surface area contributed by atoms with Crippen LogP contribution in [0.5, 0.6) is 0 Å². The van der Waals surface area contributed by atoms with Crippen molar-refractivity contribution < 1.29 is 14.0 Å². The molecule has 5 nitrogen and oxygen atoms in total. The minimum atomic E-state index is -0.384. The molecule has 2 rings (SSSR count). The topological polar surface area (TPSA) is 71.3 Å². The quantitative estimate of drug-likeness (QED) is 0.835. The summed E-state index contributed by atoms with van der Waals surface area (Å²) in [6, 6.07) is 3.34. The molecule has 0 radical (unpaired) electrons. The number of nitrogens with one attached hydrogen (secondary N) is 2. The van der Waals surface area contributed by atoms with Crippen molar-refractivity contribution in [1.82, 2.24) is 10.6 Å². The third kappa shape index (κ3) is 2.72. The third-order valence-electron chi connectivity index (χ3n) is 3.20. The smallest absolute Gasteiger partial charge is 0.242 e. The van der Waals surface area contributed by atoms with E-state index in [0.717, 1.165) is 5.76 Å². The highest BCUT2D eigenvalue weighted by Gasteiger charge is 2.29. The zero-order valence-electron chi connectivity index (χ0n) is 10.7. The highest BCUT2D eigenvalue weighted by molar-refractivity contribution is 5.90. The summed E-state index contributed by atoms with van der Waals surface area (Å²) in [6.07, 6.45) is 2.63. The van der Waals surface area contributed by atoms with Crippen LogP contribution in [0.4, 0.5) is 0 Å². The molecular weight excluding hydrogens is 232 g/mol. The van der Waals surface area contributed by atoms with Crippen LogP contribution in [-0.2, 0) is 15.0 Å². The number of hydrogen-bond donors (Lipinski definition) is 2. The summed E-state index contributed by atoms with van der Waals surface area (Å²) in [5.41, 5.74) is -0.262. The Morgan fingerprint density at radius 2 is 2.39 bits per heavy atom. The van der Waals surface area contributed by atoms with Crippen molar-refractivity contribution in [2.24, 2.45) is 0 Å². The second-order valence-electron chi connectivity index (χ2n) is 5.24. The van der Waals surface area contributed by atoms with Gasteiger partial charge in [-0.05, 0) is 18.6 Å². The standard InChI is InChI=1S/C13H18N2O3/c1-13(2,10-4-3-7-18-10)8-14-12(17)9-5-6-11(16)15-9/h3-4,7,9H,5-6,8H2,1-2H3,(H,14,17)(H,15,16). The van der Waals surface area contributed by atoms with Gasteiger partial charge in [0.2, 0.25) is 11.8 Å². The van der Waals surface area contributed by atoms with E-state index < -0.39 is 0 Å². The van der Waals surface area contributed by atoms with Crippen LogP contribution >= 0.6 is 0 Å². The van der Waals surface area contributed by atoms with E-state index in [4.69, 9.17) is 4.42 Å². The molecule has 1 saturated heterocycles. The molecule has 18 heavy (non-hydrogen) atoms. The van der Waals surface area contributed by atoms with Crippen LogP contribution in [0.15, 0.2) is 22.8 Å². The Labute approximate surface area is 106 Å². The minimum Gasteiger partial charge on any atom is -0.469 e. The summed E-state index contributed by atoms with van der Waals surface area (Å²) in [4.78, 5) is 22.9. The average molecular weight is 250 g/mol. The lowest BCUT2D eigenvalue weighted by Crippen LogP contribution is -2.45. The third-order valence-corrected chi connectivity index (χ3v) is 3.20. The fraction of sp³-hybridized carbons (Fsp3) is 0.538. The monoisotopic (exact) mass is 250 g/mol. The zero-order valence-corrected chi connectivity index (χ0v) is 10.7. The largest absolute Gasteiger partial charge is 0.469 e. The molecule has 5 heteroatoms. The second-order valence-corrected chi connectivity index (χ2v) is 5.24. The molecule has 1 unspecified atom stereocenters. The van der Waals surface area contributed by atoms with Gasteiger partial charge in [-0.2, -0.15) is 0 Å². The lowest BCUT2D eigenvalue weighted by molar-refractivity contribution is -0.125. The van der Waals surface area contributed by atoms with E-state index in [-0.39, 0.29) is 23.3 Å². The number of carbonyl (C=O) groups is 2. The molecule has 0 spiro atoms. The summed E-state index contributed by atoms with van der Waals surface area (Å²) in [7, 11) is 0. The minimum absolute atomic E-state index is 0.0551. The summed E-state index contributed by atoms with van der Waals surface area (Å²) >= 11 is 0. The van der Waals surface area contributed by atoms with E-state index in [1.54, 1.807) is 6.26 Å². The summed E-state index contributed by atoms with van der Waals surface area (Å²) < 4.78 is 5.35. The van der Waals surface area contributed by atoms with E-state index in [9.17, 15) is 9.59 Å². The van der Waals surface area contributed by atoms with Gasteiger partial charge in [-0.1, -0.05) is 13.8 Å². The van der Waals surface area contributed by atoms with Crippen LogP contribution in [0.3, 0.4) is 0 Å². The highest BCUT2D eigenvalue weighted by Crippen LogP contribution is 2.22. The van der Waals surface area contributed by atoms with Gasteiger partial charge >= 0.3 is 0 Å². The molecule has 1 aromatic heterocycles. The molecule has 2 heterocycles. The maximum atomic E-state index is 11.9. The summed E-state index contributed by atoms with van der Waals surface area (Å²) in [5, 5.41) is 5.51. The van der Waals surface area contributed by atoms with Crippen molar-refractivity contribution in [3.8, 4) is 0 Å². The van der Waals surface area contributed by atoms with E-state index in [1.807, 2.05) is 26.0 Å². The molecule has 0 aliphatic carbocycles. The van der Waals surface area contributed by atoms with Crippen molar-refractivity contribution in [1.29, 1.82) is 0 Å². The Bertz CT molecular complexity index is 437. The first-order valence-corrected chi connectivity index (χ1v) is 6.10. The Balaban J connectivity index is 1.88. The normalized spacial score (nSPS) is 19.7. The van der Waals surface area contributed by atoms with Crippen LogP contribution in [0, 0.1) is 0 Å². The van der Waals surface area contributed by atoms with Gasteiger partial charge in [-0.15, -0.1) is 0 Å². The number of amides is 2. The van der Waals surface area contributed by atoms with Gasteiger partial charge in [-0.3, -0.25) is 9.59 Å².